The van der Waals surface area contributed by atoms with E-state index in [4.69, 9.17) is 0 Å². The molecule has 1 fully saturated rings. The van der Waals surface area contributed by atoms with Crippen LogP contribution in [0.15, 0.2) is 48.8 Å². The minimum absolute atomic E-state index is 0.112. The number of anilines is 2. The lowest BCUT2D eigenvalue weighted by Crippen LogP contribution is -2.35. The zero-order valence-electron chi connectivity index (χ0n) is 11.6. The van der Waals surface area contributed by atoms with Gasteiger partial charge in [0.05, 0.1) is 0 Å². The molecular weight excluding hydrogens is 266 g/mol. The average Bonchev–Trinajstić information content (AvgIpc) is 2.98. The van der Waals surface area contributed by atoms with Crippen molar-refractivity contribution in [1.29, 1.82) is 0 Å². The summed E-state index contributed by atoms with van der Waals surface area (Å²) in [4.78, 5) is 22.3. The van der Waals surface area contributed by atoms with E-state index < -0.39 is 0 Å². The Morgan fingerprint density at radius 2 is 1.81 bits per heavy atom. The number of hydrogen-bond acceptors (Lipinski definition) is 4. The Balaban J connectivity index is 1.53. The monoisotopic (exact) mass is 283 g/mol. The number of nitrogens with one attached hydrogen (secondary N) is 2. The third-order valence-electron chi connectivity index (χ3n) is 3.39. The summed E-state index contributed by atoms with van der Waals surface area (Å²) >= 11 is 0. The van der Waals surface area contributed by atoms with Crippen molar-refractivity contribution >= 4 is 17.7 Å². The van der Waals surface area contributed by atoms with E-state index in [0.717, 1.165) is 18.8 Å². The third-order valence-corrected chi connectivity index (χ3v) is 3.39. The zero-order valence-corrected chi connectivity index (χ0v) is 11.6. The first-order valence-corrected chi connectivity index (χ1v) is 6.96. The highest BCUT2D eigenvalue weighted by molar-refractivity contribution is 5.88. The fourth-order valence-corrected chi connectivity index (χ4v) is 2.35. The molecule has 1 aliphatic rings. The van der Waals surface area contributed by atoms with Gasteiger partial charge in [-0.2, -0.15) is 0 Å². The average molecular weight is 283 g/mol. The minimum Gasteiger partial charge on any atom is -0.365 e. The predicted octanol–water partition coefficient (Wildman–Crippen LogP) is 2.19. The number of amides is 2. The van der Waals surface area contributed by atoms with E-state index in [9.17, 15) is 4.79 Å². The van der Waals surface area contributed by atoms with Crippen molar-refractivity contribution in [3.8, 4) is 0 Å². The van der Waals surface area contributed by atoms with Gasteiger partial charge in [0.25, 0.3) is 0 Å². The first kappa shape index (κ1) is 13.4. The fourth-order valence-electron chi connectivity index (χ4n) is 2.35. The predicted molar refractivity (Wildman–Crippen MR) is 81.1 cm³/mol. The Kier molecular flexibility index (Phi) is 3.95. The van der Waals surface area contributed by atoms with Gasteiger partial charge >= 0.3 is 6.03 Å². The van der Waals surface area contributed by atoms with Crippen LogP contribution >= 0.6 is 0 Å². The Morgan fingerprint density at radius 1 is 1.10 bits per heavy atom. The number of aromatic nitrogens is 2. The first-order valence-electron chi connectivity index (χ1n) is 6.96. The van der Waals surface area contributed by atoms with Gasteiger partial charge in [-0.15, -0.1) is 0 Å². The maximum atomic E-state index is 12.1. The number of rotatable bonds is 3. The van der Waals surface area contributed by atoms with Crippen molar-refractivity contribution in [2.24, 2.45) is 0 Å². The Hall–Kier alpha value is -2.63. The molecule has 3 heterocycles. The van der Waals surface area contributed by atoms with Crippen molar-refractivity contribution in [1.82, 2.24) is 14.9 Å². The van der Waals surface area contributed by atoms with E-state index in [1.807, 2.05) is 30.3 Å². The van der Waals surface area contributed by atoms with Gasteiger partial charge < -0.3 is 10.2 Å². The highest BCUT2D eigenvalue weighted by atomic mass is 16.2. The van der Waals surface area contributed by atoms with Crippen LogP contribution in [0.4, 0.5) is 16.4 Å². The summed E-state index contributed by atoms with van der Waals surface area (Å²) in [6.07, 6.45) is 4.32. The van der Waals surface area contributed by atoms with Gasteiger partial charge in [0.15, 0.2) is 0 Å². The molecule has 21 heavy (non-hydrogen) atoms. The van der Waals surface area contributed by atoms with Crippen LogP contribution < -0.4 is 10.6 Å². The molecule has 6 heteroatoms. The summed E-state index contributed by atoms with van der Waals surface area (Å²) in [6, 6.07) is 11.3. The van der Waals surface area contributed by atoms with Crippen LogP contribution in [0.1, 0.15) is 6.42 Å². The SMILES string of the molecule is O=C(Nc1ccccn1)N1CCC(Nc2ccccn2)C1. The first-order chi connectivity index (χ1) is 10.3. The van der Waals surface area contributed by atoms with Gasteiger partial charge in [0.1, 0.15) is 11.6 Å². The minimum atomic E-state index is -0.112. The van der Waals surface area contributed by atoms with E-state index in [-0.39, 0.29) is 12.1 Å². The normalized spacial score (nSPS) is 17.5. The molecule has 0 spiro atoms. The topological polar surface area (TPSA) is 70.2 Å². The smallest absolute Gasteiger partial charge is 0.323 e. The van der Waals surface area contributed by atoms with Gasteiger partial charge in [-0.1, -0.05) is 12.1 Å². The number of urea groups is 1. The molecule has 0 bridgehead atoms. The Morgan fingerprint density at radius 3 is 2.48 bits per heavy atom. The molecular formula is C15H17N5O. The molecule has 3 rings (SSSR count). The molecule has 2 N–H and O–H groups in total. The molecule has 1 aliphatic heterocycles. The lowest BCUT2D eigenvalue weighted by molar-refractivity contribution is 0.222. The van der Waals surface area contributed by atoms with Gasteiger partial charge in [0.2, 0.25) is 0 Å². The summed E-state index contributed by atoms with van der Waals surface area (Å²) in [5, 5.41) is 6.14. The van der Waals surface area contributed by atoms with E-state index in [2.05, 4.69) is 20.6 Å². The largest absolute Gasteiger partial charge is 0.365 e. The summed E-state index contributed by atoms with van der Waals surface area (Å²) in [6.45, 7) is 1.39. The molecule has 0 aliphatic carbocycles. The number of carbonyl (C=O) groups is 1. The lowest BCUT2D eigenvalue weighted by Gasteiger charge is -2.17. The number of carbonyl (C=O) groups excluding carboxylic acids is 1. The summed E-state index contributed by atoms with van der Waals surface area (Å²) < 4.78 is 0. The second-order valence-electron chi connectivity index (χ2n) is 4.94. The summed E-state index contributed by atoms with van der Waals surface area (Å²) in [5.74, 6) is 1.41. The van der Waals surface area contributed by atoms with Crippen LogP contribution in [-0.2, 0) is 0 Å². The molecule has 2 amide bonds. The fraction of sp³-hybridized carbons (Fsp3) is 0.267. The lowest BCUT2D eigenvalue weighted by atomic mass is 10.2. The van der Waals surface area contributed by atoms with Crippen LogP contribution in [0.25, 0.3) is 0 Å². The van der Waals surface area contributed by atoms with Crippen LogP contribution in [0, 0.1) is 0 Å². The van der Waals surface area contributed by atoms with Crippen molar-refractivity contribution in [2.75, 3.05) is 23.7 Å². The molecule has 108 valence electrons. The van der Waals surface area contributed by atoms with Crippen molar-refractivity contribution in [2.45, 2.75) is 12.5 Å². The summed E-state index contributed by atoms with van der Waals surface area (Å²) in [7, 11) is 0. The number of pyridine rings is 2. The standard InChI is InChI=1S/C15H17N5O/c21-15(19-14-6-2-4-9-17-14)20-10-7-12(11-20)18-13-5-1-3-8-16-13/h1-6,8-9,12H,7,10-11H2,(H,16,18)(H,17,19,21). The van der Waals surface area contributed by atoms with E-state index in [0.29, 0.717) is 12.4 Å². The van der Waals surface area contributed by atoms with E-state index in [1.54, 1.807) is 23.4 Å². The van der Waals surface area contributed by atoms with Crippen LogP contribution in [0.5, 0.6) is 0 Å². The second-order valence-corrected chi connectivity index (χ2v) is 4.94. The Labute approximate surface area is 123 Å². The summed E-state index contributed by atoms with van der Waals surface area (Å²) in [5.41, 5.74) is 0. The third kappa shape index (κ3) is 3.47. The van der Waals surface area contributed by atoms with Crippen LogP contribution in [0.2, 0.25) is 0 Å². The quantitative estimate of drug-likeness (QED) is 0.906. The molecule has 0 saturated carbocycles. The van der Waals surface area contributed by atoms with Crippen molar-refractivity contribution in [3.05, 3.63) is 48.8 Å². The molecule has 0 radical (unpaired) electrons. The van der Waals surface area contributed by atoms with Gasteiger partial charge in [-0.25, -0.2) is 14.8 Å². The van der Waals surface area contributed by atoms with E-state index >= 15 is 0 Å². The van der Waals surface area contributed by atoms with Gasteiger partial charge in [0, 0.05) is 31.5 Å². The highest BCUT2D eigenvalue weighted by Gasteiger charge is 2.26. The van der Waals surface area contributed by atoms with Crippen LogP contribution in [-0.4, -0.2) is 40.0 Å². The van der Waals surface area contributed by atoms with Crippen molar-refractivity contribution in [3.63, 3.8) is 0 Å². The number of hydrogen-bond donors (Lipinski definition) is 2. The number of likely N-dealkylation sites (tertiary alicyclic amines) is 1. The van der Waals surface area contributed by atoms with Crippen molar-refractivity contribution < 1.29 is 4.79 Å². The van der Waals surface area contributed by atoms with Gasteiger partial charge in [-0.05, 0) is 30.7 Å². The molecule has 6 nitrogen and oxygen atoms in total. The molecule has 1 saturated heterocycles. The molecule has 1 unspecified atom stereocenters. The Bertz CT molecular complexity index is 590. The second kappa shape index (κ2) is 6.21. The molecule has 1 atom stereocenters. The highest BCUT2D eigenvalue weighted by Crippen LogP contribution is 2.15. The molecule has 2 aromatic heterocycles. The number of nitrogens with zero attached hydrogens (tertiary/aromatic N) is 3. The maximum absolute atomic E-state index is 12.1. The zero-order chi connectivity index (χ0) is 14.5. The van der Waals surface area contributed by atoms with Gasteiger partial charge in [-0.3, -0.25) is 5.32 Å². The molecule has 2 aromatic rings. The maximum Gasteiger partial charge on any atom is 0.323 e. The van der Waals surface area contributed by atoms with Crippen LogP contribution in [0.3, 0.4) is 0 Å². The van der Waals surface area contributed by atoms with E-state index in [1.165, 1.54) is 0 Å². The molecule has 0 aromatic carbocycles.